The summed E-state index contributed by atoms with van der Waals surface area (Å²) in [6.07, 6.45) is 2.08. The predicted molar refractivity (Wildman–Crippen MR) is 71.9 cm³/mol. The Bertz CT molecular complexity index is 625. The fourth-order valence-corrected chi connectivity index (χ4v) is 2.51. The maximum atomic E-state index is 11.5. The number of rotatable bonds is 2. The standard InChI is InChI=1S/C13H14BN3O2/c1-19-13(18)8-4-5-9-10(7-8)16-12(15-9)11-3-2-6-17(11)14/h4-5,7,11H,2-3,6H2,1H3,(H,15,16)/t11-/m0/s1. The summed E-state index contributed by atoms with van der Waals surface area (Å²) in [6.45, 7) is 0.884. The van der Waals surface area contributed by atoms with E-state index >= 15 is 0 Å². The predicted octanol–water partition coefficient (Wildman–Crippen LogP) is 1.57. The molecular formula is C13H14BN3O2. The third-order valence-corrected chi connectivity index (χ3v) is 3.53. The lowest BCUT2D eigenvalue weighted by molar-refractivity contribution is 0.0601. The monoisotopic (exact) mass is 255 g/mol. The van der Waals surface area contributed by atoms with Crippen molar-refractivity contribution in [1.29, 1.82) is 0 Å². The van der Waals surface area contributed by atoms with Crippen LogP contribution in [0.3, 0.4) is 0 Å². The second-order valence-electron chi connectivity index (χ2n) is 4.74. The molecule has 1 aromatic carbocycles. The van der Waals surface area contributed by atoms with E-state index in [0.29, 0.717) is 5.56 Å². The summed E-state index contributed by atoms with van der Waals surface area (Å²) < 4.78 is 4.71. The molecule has 5 nitrogen and oxygen atoms in total. The Balaban J connectivity index is 1.98. The smallest absolute Gasteiger partial charge is 0.337 e. The van der Waals surface area contributed by atoms with Crippen LogP contribution in [0.4, 0.5) is 0 Å². The first-order valence-electron chi connectivity index (χ1n) is 6.28. The van der Waals surface area contributed by atoms with E-state index in [4.69, 9.17) is 12.7 Å². The number of imidazole rings is 1. The van der Waals surface area contributed by atoms with Gasteiger partial charge in [0.2, 0.25) is 0 Å². The Morgan fingerprint density at radius 3 is 3.11 bits per heavy atom. The van der Waals surface area contributed by atoms with Gasteiger partial charge < -0.3 is 14.5 Å². The number of nitrogens with one attached hydrogen (secondary N) is 1. The minimum absolute atomic E-state index is 0.133. The van der Waals surface area contributed by atoms with Crippen LogP contribution >= 0.6 is 0 Å². The SMILES string of the molecule is [B]N1CCC[C@H]1c1nc2ccc(C(=O)OC)cc2[nH]1. The maximum absolute atomic E-state index is 11.5. The lowest BCUT2D eigenvalue weighted by Gasteiger charge is -2.16. The number of hydrogen-bond acceptors (Lipinski definition) is 4. The summed E-state index contributed by atoms with van der Waals surface area (Å²) in [5.41, 5.74) is 2.18. The molecule has 0 spiro atoms. The van der Waals surface area contributed by atoms with Crippen LogP contribution in [-0.4, -0.2) is 42.4 Å². The number of methoxy groups -OCH3 is 1. The highest BCUT2D eigenvalue weighted by molar-refractivity contribution is 6.04. The number of aromatic amines is 1. The topological polar surface area (TPSA) is 58.2 Å². The molecule has 1 N–H and O–H groups in total. The molecule has 1 saturated heterocycles. The number of benzene rings is 1. The van der Waals surface area contributed by atoms with Gasteiger partial charge in [-0.25, -0.2) is 9.78 Å². The molecule has 0 bridgehead atoms. The van der Waals surface area contributed by atoms with E-state index in [2.05, 4.69) is 9.97 Å². The first-order valence-corrected chi connectivity index (χ1v) is 6.28. The summed E-state index contributed by atoms with van der Waals surface area (Å²) in [5, 5.41) is 0. The second-order valence-corrected chi connectivity index (χ2v) is 4.74. The van der Waals surface area contributed by atoms with Gasteiger partial charge in [0, 0.05) is 0 Å². The van der Waals surface area contributed by atoms with Gasteiger partial charge in [-0.1, -0.05) is 0 Å². The molecule has 2 heterocycles. The molecule has 96 valence electrons. The van der Waals surface area contributed by atoms with Gasteiger partial charge in [-0.15, -0.1) is 0 Å². The quantitative estimate of drug-likeness (QED) is 0.653. The van der Waals surface area contributed by atoms with Crippen LogP contribution in [0.15, 0.2) is 18.2 Å². The zero-order valence-electron chi connectivity index (χ0n) is 10.7. The Morgan fingerprint density at radius 2 is 2.42 bits per heavy atom. The zero-order chi connectivity index (χ0) is 13.4. The minimum Gasteiger partial charge on any atom is -0.465 e. The molecule has 0 saturated carbocycles. The van der Waals surface area contributed by atoms with Crippen molar-refractivity contribution >= 4 is 25.0 Å². The van der Waals surface area contributed by atoms with Crippen LogP contribution in [0, 0.1) is 0 Å². The van der Waals surface area contributed by atoms with Crippen molar-refractivity contribution in [2.75, 3.05) is 13.7 Å². The molecular weight excluding hydrogens is 241 g/mol. The van der Waals surface area contributed by atoms with Crippen molar-refractivity contribution in [3.05, 3.63) is 29.6 Å². The first kappa shape index (κ1) is 12.2. The second kappa shape index (κ2) is 4.70. The number of hydrogen-bond donors (Lipinski definition) is 1. The van der Waals surface area contributed by atoms with Gasteiger partial charge in [0.15, 0.2) is 7.98 Å². The fraction of sp³-hybridized carbons (Fsp3) is 0.385. The maximum Gasteiger partial charge on any atom is 0.337 e. The van der Waals surface area contributed by atoms with Crippen molar-refractivity contribution in [2.24, 2.45) is 0 Å². The van der Waals surface area contributed by atoms with Crippen LogP contribution < -0.4 is 0 Å². The Labute approximate surface area is 112 Å². The third kappa shape index (κ3) is 2.12. The van der Waals surface area contributed by atoms with Crippen LogP contribution in [0.2, 0.25) is 0 Å². The number of nitrogens with zero attached hydrogens (tertiary/aromatic N) is 2. The van der Waals surface area contributed by atoms with E-state index in [1.54, 1.807) is 16.9 Å². The summed E-state index contributed by atoms with van der Waals surface area (Å²) in [4.78, 5) is 21.1. The molecule has 2 aromatic rings. The number of carbonyl (C=O) groups is 1. The molecule has 1 fully saturated rings. The number of ether oxygens (including phenoxy) is 1. The van der Waals surface area contributed by atoms with Crippen LogP contribution in [0.25, 0.3) is 11.0 Å². The minimum atomic E-state index is -0.348. The first-order chi connectivity index (χ1) is 9.19. The lowest BCUT2D eigenvalue weighted by atomic mass is 10.2. The molecule has 1 aliphatic rings. The van der Waals surface area contributed by atoms with E-state index in [1.165, 1.54) is 7.11 Å². The highest BCUT2D eigenvalue weighted by Gasteiger charge is 2.24. The fourth-order valence-electron chi connectivity index (χ4n) is 2.51. The van der Waals surface area contributed by atoms with Gasteiger partial charge in [-0.3, -0.25) is 0 Å². The average molecular weight is 255 g/mol. The van der Waals surface area contributed by atoms with Crippen LogP contribution in [-0.2, 0) is 4.74 Å². The van der Waals surface area contributed by atoms with Gasteiger partial charge >= 0.3 is 5.97 Å². The van der Waals surface area contributed by atoms with Crippen molar-refractivity contribution in [1.82, 2.24) is 14.8 Å². The Morgan fingerprint density at radius 1 is 1.58 bits per heavy atom. The zero-order valence-corrected chi connectivity index (χ0v) is 10.7. The molecule has 1 aliphatic heterocycles. The van der Waals surface area contributed by atoms with E-state index in [1.807, 2.05) is 6.07 Å². The summed E-state index contributed by atoms with van der Waals surface area (Å²) in [5.74, 6) is 0.511. The van der Waals surface area contributed by atoms with Crippen molar-refractivity contribution < 1.29 is 9.53 Å². The molecule has 6 heteroatoms. The molecule has 3 rings (SSSR count). The number of aromatic nitrogens is 2. The molecule has 1 atom stereocenters. The number of fused-ring (bicyclic) bond motifs is 1. The van der Waals surface area contributed by atoms with Gasteiger partial charge in [-0.2, -0.15) is 0 Å². The number of carbonyl (C=O) groups excluding carboxylic acids is 1. The number of H-pyrrole nitrogens is 1. The molecule has 0 unspecified atom stereocenters. The largest absolute Gasteiger partial charge is 0.465 e. The highest BCUT2D eigenvalue weighted by Crippen LogP contribution is 2.29. The summed E-state index contributed by atoms with van der Waals surface area (Å²) >= 11 is 0. The van der Waals surface area contributed by atoms with Crippen molar-refractivity contribution in [3.8, 4) is 0 Å². The average Bonchev–Trinajstić information content (AvgIpc) is 3.02. The van der Waals surface area contributed by atoms with Crippen LogP contribution in [0.5, 0.6) is 0 Å². The van der Waals surface area contributed by atoms with E-state index in [9.17, 15) is 4.79 Å². The number of esters is 1. The summed E-state index contributed by atoms with van der Waals surface area (Å²) in [6, 6.07) is 5.42. The van der Waals surface area contributed by atoms with Crippen LogP contribution in [0.1, 0.15) is 35.1 Å². The van der Waals surface area contributed by atoms with Gasteiger partial charge in [0.25, 0.3) is 0 Å². The van der Waals surface area contributed by atoms with Gasteiger partial charge in [0.1, 0.15) is 5.82 Å². The summed E-state index contributed by atoms with van der Waals surface area (Å²) in [7, 11) is 7.30. The lowest BCUT2D eigenvalue weighted by Crippen LogP contribution is -2.20. The molecule has 0 amide bonds. The van der Waals surface area contributed by atoms with Gasteiger partial charge in [-0.05, 0) is 37.6 Å². The highest BCUT2D eigenvalue weighted by atomic mass is 16.5. The molecule has 0 aliphatic carbocycles. The Hall–Kier alpha value is -1.82. The third-order valence-electron chi connectivity index (χ3n) is 3.53. The normalized spacial score (nSPS) is 19.9. The molecule has 2 radical (unpaired) electrons. The molecule has 19 heavy (non-hydrogen) atoms. The van der Waals surface area contributed by atoms with E-state index in [0.717, 1.165) is 36.2 Å². The van der Waals surface area contributed by atoms with Crippen molar-refractivity contribution in [2.45, 2.75) is 18.9 Å². The van der Waals surface area contributed by atoms with Gasteiger partial charge in [0.05, 0.1) is 29.7 Å². The van der Waals surface area contributed by atoms with E-state index in [-0.39, 0.29) is 12.0 Å². The Kier molecular flexibility index (Phi) is 3.02. The van der Waals surface area contributed by atoms with E-state index < -0.39 is 0 Å². The molecule has 1 aromatic heterocycles. The van der Waals surface area contributed by atoms with Crippen molar-refractivity contribution in [3.63, 3.8) is 0 Å².